The first kappa shape index (κ1) is 15.0. The van der Waals surface area contributed by atoms with Crippen LogP contribution in [0.1, 0.15) is 20.8 Å². The average Bonchev–Trinajstić information content (AvgIpc) is 2.32. The van der Waals surface area contributed by atoms with E-state index in [1.165, 1.54) is 0 Å². The summed E-state index contributed by atoms with van der Waals surface area (Å²) in [4.78, 5) is 20.7. The maximum absolute atomic E-state index is 10.4. The van der Waals surface area contributed by atoms with Crippen molar-refractivity contribution in [3.05, 3.63) is 59.3 Å². The SMILES string of the molecule is C\C(C=O)=C/C=C/C=C/C=C(C)/C=C(\C)C=O. The van der Waals surface area contributed by atoms with Gasteiger partial charge in [0.05, 0.1) is 0 Å². The lowest BCUT2D eigenvalue weighted by Gasteiger charge is -1.89. The summed E-state index contributed by atoms with van der Waals surface area (Å²) >= 11 is 0. The summed E-state index contributed by atoms with van der Waals surface area (Å²) in [5.41, 5.74) is 2.40. The molecular formula is C15H18O2. The monoisotopic (exact) mass is 230 g/mol. The van der Waals surface area contributed by atoms with Crippen molar-refractivity contribution in [2.45, 2.75) is 20.8 Å². The van der Waals surface area contributed by atoms with Gasteiger partial charge in [-0.25, -0.2) is 0 Å². The summed E-state index contributed by atoms with van der Waals surface area (Å²) in [6.45, 7) is 5.44. The van der Waals surface area contributed by atoms with Gasteiger partial charge in [-0.2, -0.15) is 0 Å². The van der Waals surface area contributed by atoms with Crippen molar-refractivity contribution in [1.82, 2.24) is 0 Å². The molecular weight excluding hydrogens is 212 g/mol. The van der Waals surface area contributed by atoms with Crippen LogP contribution in [0.4, 0.5) is 0 Å². The molecule has 0 aliphatic rings. The lowest BCUT2D eigenvalue weighted by atomic mass is 10.2. The number of hydrogen-bond acceptors (Lipinski definition) is 2. The van der Waals surface area contributed by atoms with Gasteiger partial charge in [0, 0.05) is 0 Å². The number of carbonyl (C=O) groups is 2. The van der Waals surface area contributed by atoms with E-state index >= 15 is 0 Å². The van der Waals surface area contributed by atoms with Crippen LogP contribution in [0.15, 0.2) is 59.3 Å². The number of hydrogen-bond donors (Lipinski definition) is 0. The van der Waals surface area contributed by atoms with Gasteiger partial charge in [-0.3, -0.25) is 9.59 Å². The molecule has 0 saturated carbocycles. The van der Waals surface area contributed by atoms with E-state index in [9.17, 15) is 9.59 Å². The van der Waals surface area contributed by atoms with Crippen LogP contribution in [0.2, 0.25) is 0 Å². The smallest absolute Gasteiger partial charge is 0.145 e. The van der Waals surface area contributed by atoms with Crippen molar-refractivity contribution < 1.29 is 9.59 Å². The lowest BCUT2D eigenvalue weighted by molar-refractivity contribution is -0.105. The Hall–Kier alpha value is -1.96. The summed E-state index contributed by atoms with van der Waals surface area (Å²) in [6, 6.07) is 0. The van der Waals surface area contributed by atoms with Gasteiger partial charge in [-0.1, -0.05) is 48.1 Å². The Balaban J connectivity index is 4.33. The Kier molecular flexibility index (Phi) is 8.21. The molecule has 0 aromatic rings. The molecule has 0 unspecified atom stereocenters. The molecule has 2 heteroatoms. The summed E-state index contributed by atoms with van der Waals surface area (Å²) < 4.78 is 0. The van der Waals surface area contributed by atoms with Crippen LogP contribution in [-0.2, 0) is 9.59 Å². The Bertz CT molecular complexity index is 405. The van der Waals surface area contributed by atoms with Crippen molar-refractivity contribution in [3.8, 4) is 0 Å². The average molecular weight is 230 g/mol. The first-order valence-electron chi connectivity index (χ1n) is 5.37. The molecule has 0 aliphatic heterocycles. The molecule has 0 N–H and O–H groups in total. The maximum Gasteiger partial charge on any atom is 0.145 e. The van der Waals surface area contributed by atoms with E-state index in [0.29, 0.717) is 11.1 Å². The number of aldehydes is 2. The number of allylic oxidation sites excluding steroid dienone is 10. The van der Waals surface area contributed by atoms with E-state index in [1.54, 1.807) is 26.0 Å². The molecule has 0 rings (SSSR count). The van der Waals surface area contributed by atoms with Crippen LogP contribution in [0.25, 0.3) is 0 Å². The van der Waals surface area contributed by atoms with Crippen LogP contribution in [0.3, 0.4) is 0 Å². The number of carbonyl (C=O) groups excluding carboxylic acids is 2. The summed E-state index contributed by atoms with van der Waals surface area (Å²) in [5, 5.41) is 0. The molecule has 90 valence electrons. The Morgan fingerprint density at radius 2 is 1.12 bits per heavy atom. The van der Waals surface area contributed by atoms with Crippen molar-refractivity contribution in [3.63, 3.8) is 0 Å². The number of rotatable bonds is 6. The third-order valence-corrected chi connectivity index (χ3v) is 1.88. The third-order valence-electron chi connectivity index (χ3n) is 1.88. The van der Waals surface area contributed by atoms with Crippen molar-refractivity contribution in [1.29, 1.82) is 0 Å². The zero-order valence-electron chi connectivity index (χ0n) is 10.5. The van der Waals surface area contributed by atoms with Gasteiger partial charge in [0.15, 0.2) is 0 Å². The van der Waals surface area contributed by atoms with Gasteiger partial charge in [-0.05, 0) is 31.9 Å². The van der Waals surface area contributed by atoms with E-state index in [0.717, 1.165) is 18.1 Å². The van der Waals surface area contributed by atoms with E-state index in [1.807, 2.05) is 37.3 Å². The maximum atomic E-state index is 10.4. The molecule has 0 aromatic carbocycles. The van der Waals surface area contributed by atoms with Gasteiger partial charge in [0.1, 0.15) is 12.6 Å². The molecule has 0 radical (unpaired) electrons. The highest BCUT2D eigenvalue weighted by Crippen LogP contribution is 1.99. The minimum absolute atomic E-state index is 0.686. The fourth-order valence-corrected chi connectivity index (χ4v) is 1.02. The highest BCUT2D eigenvalue weighted by Gasteiger charge is 1.84. The predicted octanol–water partition coefficient (Wildman–Crippen LogP) is 3.34. The third kappa shape index (κ3) is 9.00. The molecule has 0 atom stereocenters. The lowest BCUT2D eigenvalue weighted by Crippen LogP contribution is -1.76. The molecule has 17 heavy (non-hydrogen) atoms. The highest BCUT2D eigenvalue weighted by molar-refractivity contribution is 5.73. The van der Waals surface area contributed by atoms with Crippen LogP contribution in [0, 0.1) is 0 Å². The van der Waals surface area contributed by atoms with Crippen molar-refractivity contribution in [2.24, 2.45) is 0 Å². The Labute approximate surface area is 103 Å². The normalized spacial score (nSPS) is 14.6. The van der Waals surface area contributed by atoms with Crippen LogP contribution in [0.5, 0.6) is 0 Å². The second-order valence-electron chi connectivity index (χ2n) is 3.72. The molecule has 0 fully saturated rings. The largest absolute Gasteiger partial charge is 0.298 e. The van der Waals surface area contributed by atoms with Gasteiger partial charge in [0.25, 0.3) is 0 Å². The fourth-order valence-electron chi connectivity index (χ4n) is 1.02. The molecule has 0 aromatic heterocycles. The van der Waals surface area contributed by atoms with E-state index < -0.39 is 0 Å². The molecule has 0 aliphatic carbocycles. The Morgan fingerprint density at radius 3 is 1.59 bits per heavy atom. The van der Waals surface area contributed by atoms with Gasteiger partial charge < -0.3 is 0 Å². The predicted molar refractivity (Wildman–Crippen MR) is 71.7 cm³/mol. The fraction of sp³-hybridized carbons (Fsp3) is 0.200. The Morgan fingerprint density at radius 1 is 0.647 bits per heavy atom. The molecule has 0 amide bonds. The van der Waals surface area contributed by atoms with Crippen molar-refractivity contribution >= 4 is 12.6 Å². The second-order valence-corrected chi connectivity index (χ2v) is 3.72. The molecule has 2 nitrogen and oxygen atoms in total. The minimum atomic E-state index is 0.686. The molecule has 0 spiro atoms. The van der Waals surface area contributed by atoms with Crippen LogP contribution in [-0.4, -0.2) is 12.6 Å². The summed E-state index contributed by atoms with van der Waals surface area (Å²) in [6.07, 6.45) is 14.5. The topological polar surface area (TPSA) is 34.1 Å². The first-order valence-corrected chi connectivity index (χ1v) is 5.37. The van der Waals surface area contributed by atoms with Crippen LogP contribution >= 0.6 is 0 Å². The molecule has 0 heterocycles. The van der Waals surface area contributed by atoms with Gasteiger partial charge in [-0.15, -0.1) is 0 Å². The standard InChI is InChI=1S/C15H18O2/c1-13(10-15(3)12-17)8-6-4-5-7-9-14(2)11-16/h4-12H,1-3H3/b6-4+,7-5+,13-8+,14-9+,15-10+. The molecule has 0 saturated heterocycles. The highest BCUT2D eigenvalue weighted by atomic mass is 16.1. The van der Waals surface area contributed by atoms with E-state index in [4.69, 9.17) is 0 Å². The summed E-state index contributed by atoms with van der Waals surface area (Å²) in [5.74, 6) is 0. The van der Waals surface area contributed by atoms with Gasteiger partial charge >= 0.3 is 0 Å². The molecule has 0 bridgehead atoms. The quantitative estimate of drug-likeness (QED) is 0.398. The van der Waals surface area contributed by atoms with E-state index in [2.05, 4.69) is 0 Å². The minimum Gasteiger partial charge on any atom is -0.298 e. The van der Waals surface area contributed by atoms with E-state index in [-0.39, 0.29) is 0 Å². The second kappa shape index (κ2) is 9.28. The summed E-state index contributed by atoms with van der Waals surface area (Å²) in [7, 11) is 0. The zero-order valence-corrected chi connectivity index (χ0v) is 10.5. The first-order chi connectivity index (χ1) is 8.10. The van der Waals surface area contributed by atoms with Gasteiger partial charge in [0.2, 0.25) is 0 Å². The van der Waals surface area contributed by atoms with Crippen molar-refractivity contribution in [2.75, 3.05) is 0 Å². The van der Waals surface area contributed by atoms with Crippen LogP contribution < -0.4 is 0 Å². The zero-order chi connectivity index (χ0) is 13.1.